The summed E-state index contributed by atoms with van der Waals surface area (Å²) in [5.41, 5.74) is 2.19. The molecule has 0 saturated carbocycles. The molecular formula is C27H37N3O6S. The lowest BCUT2D eigenvalue weighted by molar-refractivity contribution is -0.140. The maximum Gasteiger partial charge on any atom is 0.244 e. The molecule has 0 bridgehead atoms. The zero-order valence-electron chi connectivity index (χ0n) is 22.0. The van der Waals surface area contributed by atoms with E-state index in [1.165, 1.54) is 11.8 Å². The van der Waals surface area contributed by atoms with Gasteiger partial charge in [0.2, 0.25) is 28.6 Å². The number of sulfonamides is 1. The number of amides is 2. The molecule has 9 nitrogen and oxygen atoms in total. The molecule has 0 fully saturated rings. The second-order valence-electron chi connectivity index (χ2n) is 9.02. The third-order valence-electron chi connectivity index (χ3n) is 6.27. The average molecular weight is 532 g/mol. The van der Waals surface area contributed by atoms with Gasteiger partial charge in [-0.2, -0.15) is 0 Å². The van der Waals surface area contributed by atoms with Gasteiger partial charge in [-0.15, -0.1) is 0 Å². The first-order valence-electron chi connectivity index (χ1n) is 12.7. The predicted octanol–water partition coefficient (Wildman–Crippen LogP) is 3.60. The van der Waals surface area contributed by atoms with Crippen LogP contribution in [0.5, 0.6) is 11.5 Å². The Bertz CT molecular complexity index is 1200. The Morgan fingerprint density at radius 3 is 2.49 bits per heavy atom. The number of anilines is 1. The summed E-state index contributed by atoms with van der Waals surface area (Å²) in [6.45, 7) is 7.68. The smallest absolute Gasteiger partial charge is 0.244 e. The van der Waals surface area contributed by atoms with Gasteiger partial charge in [-0.25, -0.2) is 8.42 Å². The van der Waals surface area contributed by atoms with Crippen LogP contribution in [0.3, 0.4) is 0 Å². The highest BCUT2D eigenvalue weighted by molar-refractivity contribution is 7.92. The summed E-state index contributed by atoms with van der Waals surface area (Å²) in [6.07, 6.45) is 2.16. The number of hydrogen-bond donors (Lipinski definition) is 1. The summed E-state index contributed by atoms with van der Waals surface area (Å²) in [7, 11) is -3.82. The molecule has 0 saturated heterocycles. The SMILES string of the molecule is CCCCNC(=O)C(CC)N(Cc1cccc(C)c1)C(=O)CN(c1ccc2c(c1)OCO2)S(=O)(=O)CC. The van der Waals surface area contributed by atoms with Crippen molar-refractivity contribution in [1.29, 1.82) is 0 Å². The summed E-state index contributed by atoms with van der Waals surface area (Å²) in [4.78, 5) is 28.4. The number of benzene rings is 2. The van der Waals surface area contributed by atoms with Crippen LogP contribution in [0.2, 0.25) is 0 Å². The van der Waals surface area contributed by atoms with Crippen molar-refractivity contribution in [1.82, 2.24) is 10.2 Å². The lowest BCUT2D eigenvalue weighted by atomic mass is 10.1. The van der Waals surface area contributed by atoms with E-state index >= 15 is 0 Å². The van der Waals surface area contributed by atoms with Crippen LogP contribution in [0.4, 0.5) is 5.69 Å². The van der Waals surface area contributed by atoms with E-state index < -0.39 is 28.5 Å². The van der Waals surface area contributed by atoms with Gasteiger partial charge in [-0.05, 0) is 44.4 Å². The number of aryl methyl sites for hydroxylation is 1. The highest BCUT2D eigenvalue weighted by Gasteiger charge is 2.33. The van der Waals surface area contributed by atoms with Gasteiger partial charge < -0.3 is 19.7 Å². The molecule has 3 rings (SSSR count). The Kier molecular flexibility index (Phi) is 9.79. The number of carbonyl (C=O) groups is 2. The number of rotatable bonds is 13. The van der Waals surface area contributed by atoms with E-state index in [1.54, 1.807) is 18.2 Å². The van der Waals surface area contributed by atoms with Crippen molar-refractivity contribution in [3.8, 4) is 11.5 Å². The molecule has 0 spiro atoms. The van der Waals surface area contributed by atoms with Gasteiger partial charge in [0.25, 0.3) is 0 Å². The molecule has 10 heteroatoms. The van der Waals surface area contributed by atoms with Gasteiger partial charge in [-0.1, -0.05) is 50.1 Å². The Balaban J connectivity index is 1.95. The summed E-state index contributed by atoms with van der Waals surface area (Å²) in [6, 6.07) is 11.7. The zero-order chi connectivity index (χ0) is 27.0. The van der Waals surface area contributed by atoms with Gasteiger partial charge in [-0.3, -0.25) is 13.9 Å². The van der Waals surface area contributed by atoms with Crippen molar-refractivity contribution < 1.29 is 27.5 Å². The molecule has 2 aromatic carbocycles. The largest absolute Gasteiger partial charge is 0.454 e. The molecule has 37 heavy (non-hydrogen) atoms. The minimum Gasteiger partial charge on any atom is -0.454 e. The topological polar surface area (TPSA) is 105 Å². The number of fused-ring (bicyclic) bond motifs is 1. The normalized spacial score (nSPS) is 13.2. The second-order valence-corrected chi connectivity index (χ2v) is 11.2. The van der Waals surface area contributed by atoms with Crippen LogP contribution in [-0.2, 0) is 26.2 Å². The van der Waals surface area contributed by atoms with Crippen molar-refractivity contribution in [2.75, 3.05) is 29.9 Å². The molecule has 1 unspecified atom stereocenters. The summed E-state index contributed by atoms with van der Waals surface area (Å²) in [5.74, 6) is 0.0272. The molecule has 2 amide bonds. The van der Waals surface area contributed by atoms with E-state index in [1.807, 2.05) is 45.0 Å². The minimum absolute atomic E-state index is 0.0494. The molecular weight excluding hydrogens is 494 g/mol. The number of nitrogens with zero attached hydrogens (tertiary/aromatic N) is 2. The fraction of sp³-hybridized carbons (Fsp3) is 0.481. The summed E-state index contributed by atoms with van der Waals surface area (Å²) < 4.78 is 38.1. The van der Waals surface area contributed by atoms with E-state index in [4.69, 9.17) is 9.47 Å². The molecule has 1 atom stereocenters. The molecule has 0 radical (unpaired) electrons. The van der Waals surface area contributed by atoms with Crippen LogP contribution >= 0.6 is 0 Å². The van der Waals surface area contributed by atoms with Crippen LogP contribution in [0, 0.1) is 6.92 Å². The third kappa shape index (κ3) is 7.15. The maximum atomic E-state index is 13.8. The van der Waals surface area contributed by atoms with Crippen molar-refractivity contribution in [2.45, 2.75) is 59.5 Å². The molecule has 2 aromatic rings. The maximum absolute atomic E-state index is 13.8. The average Bonchev–Trinajstić information content (AvgIpc) is 3.35. The number of unbranched alkanes of at least 4 members (excludes halogenated alkanes) is 1. The highest BCUT2D eigenvalue weighted by atomic mass is 32.2. The van der Waals surface area contributed by atoms with Gasteiger partial charge in [0.1, 0.15) is 12.6 Å². The van der Waals surface area contributed by atoms with Gasteiger partial charge >= 0.3 is 0 Å². The van der Waals surface area contributed by atoms with E-state index in [9.17, 15) is 18.0 Å². The first-order chi connectivity index (χ1) is 17.7. The zero-order valence-corrected chi connectivity index (χ0v) is 22.8. The van der Waals surface area contributed by atoms with Crippen molar-refractivity contribution in [2.24, 2.45) is 0 Å². The molecule has 0 aromatic heterocycles. The quantitative estimate of drug-likeness (QED) is 0.396. The Morgan fingerprint density at radius 1 is 1.05 bits per heavy atom. The third-order valence-corrected chi connectivity index (χ3v) is 8.02. The minimum atomic E-state index is -3.82. The predicted molar refractivity (Wildman–Crippen MR) is 143 cm³/mol. The Labute approximate surface area is 219 Å². The molecule has 0 aliphatic carbocycles. The standard InChI is InChI=1S/C27H37N3O6S/c1-5-8-14-28-27(32)23(6-2)29(17-21-11-9-10-20(4)15-21)26(31)18-30(37(33,34)7-3)22-12-13-24-25(16-22)36-19-35-24/h9-13,15-16,23H,5-8,14,17-19H2,1-4H3,(H,28,32). The highest BCUT2D eigenvalue weighted by Crippen LogP contribution is 2.36. The number of carbonyl (C=O) groups excluding carboxylic acids is 2. The van der Waals surface area contributed by atoms with E-state index in [-0.39, 0.29) is 25.0 Å². The number of ether oxygens (including phenoxy) is 2. The first kappa shape index (κ1) is 28.3. The molecule has 1 aliphatic rings. The van der Waals surface area contributed by atoms with Crippen molar-refractivity contribution in [3.63, 3.8) is 0 Å². The van der Waals surface area contributed by atoms with Crippen LogP contribution in [-0.4, -0.2) is 56.8 Å². The fourth-order valence-corrected chi connectivity index (χ4v) is 5.25. The van der Waals surface area contributed by atoms with E-state index in [0.717, 1.165) is 28.3 Å². The summed E-state index contributed by atoms with van der Waals surface area (Å²) in [5, 5.41) is 2.93. The van der Waals surface area contributed by atoms with Gasteiger partial charge in [0.05, 0.1) is 11.4 Å². The van der Waals surface area contributed by atoms with Crippen LogP contribution in [0.15, 0.2) is 42.5 Å². The van der Waals surface area contributed by atoms with Crippen LogP contribution in [0.25, 0.3) is 0 Å². The number of nitrogens with one attached hydrogen (secondary N) is 1. The first-order valence-corrected chi connectivity index (χ1v) is 14.3. The lowest BCUT2D eigenvalue weighted by Crippen LogP contribution is -2.52. The summed E-state index contributed by atoms with van der Waals surface area (Å²) >= 11 is 0. The molecule has 202 valence electrons. The van der Waals surface area contributed by atoms with Crippen LogP contribution < -0.4 is 19.1 Å². The molecule has 1 heterocycles. The van der Waals surface area contributed by atoms with Crippen LogP contribution in [0.1, 0.15) is 51.2 Å². The lowest BCUT2D eigenvalue weighted by Gasteiger charge is -2.33. The second kappa shape index (κ2) is 12.8. The molecule has 1 N–H and O–H groups in total. The molecule has 1 aliphatic heterocycles. The Hall–Kier alpha value is -3.27. The monoisotopic (exact) mass is 531 g/mol. The van der Waals surface area contributed by atoms with Crippen molar-refractivity contribution >= 4 is 27.5 Å². The Morgan fingerprint density at radius 2 is 1.81 bits per heavy atom. The van der Waals surface area contributed by atoms with Gasteiger partial charge in [0, 0.05) is 19.2 Å². The van der Waals surface area contributed by atoms with Crippen molar-refractivity contribution in [3.05, 3.63) is 53.6 Å². The van der Waals surface area contributed by atoms with E-state index in [2.05, 4.69) is 5.32 Å². The number of hydrogen-bond acceptors (Lipinski definition) is 6. The fourth-order valence-electron chi connectivity index (χ4n) is 4.19. The van der Waals surface area contributed by atoms with E-state index in [0.29, 0.717) is 30.2 Å². The van der Waals surface area contributed by atoms with Gasteiger partial charge in [0.15, 0.2) is 11.5 Å².